The molecule has 0 aliphatic carbocycles. The fourth-order valence-corrected chi connectivity index (χ4v) is 3.12. The Hall–Kier alpha value is -3.60. The van der Waals surface area contributed by atoms with Crippen molar-refractivity contribution in [3.05, 3.63) is 106 Å². The summed E-state index contributed by atoms with van der Waals surface area (Å²) in [7, 11) is -4.02. The van der Waals surface area contributed by atoms with Gasteiger partial charge < -0.3 is 10.5 Å². The van der Waals surface area contributed by atoms with E-state index in [4.69, 9.17) is 15.0 Å². The molecule has 33 heavy (non-hydrogen) atoms. The first-order valence-electron chi connectivity index (χ1n) is 9.80. The summed E-state index contributed by atoms with van der Waals surface area (Å²) in [4.78, 5) is 21.8. The minimum Gasteiger partial charge on any atom is -0.460 e. The van der Waals surface area contributed by atoms with Crippen LogP contribution in [-0.2, 0) is 32.7 Å². The molecule has 1 atom stereocenters. The summed E-state index contributed by atoms with van der Waals surface area (Å²) in [6, 6.07) is 20.5. The van der Waals surface area contributed by atoms with Crippen molar-refractivity contribution in [2.75, 3.05) is 0 Å². The molecule has 0 aliphatic heterocycles. The molecule has 0 spiro atoms. The van der Waals surface area contributed by atoms with Crippen molar-refractivity contribution >= 4 is 21.8 Å². The average Bonchev–Trinajstić information content (AvgIpc) is 2.78. The summed E-state index contributed by atoms with van der Waals surface area (Å²) in [6.07, 6.45) is 0.403. The third-order valence-corrected chi connectivity index (χ3v) is 5.32. The number of ether oxygens (including phenoxy) is 1. The van der Waals surface area contributed by atoms with Gasteiger partial charge in [0.05, 0.1) is 9.82 Å². The smallest absolute Gasteiger partial charge is 0.323 e. The highest BCUT2D eigenvalue weighted by Gasteiger charge is 2.16. The number of nitrogens with zero attached hydrogens (tertiary/aromatic N) is 1. The highest BCUT2D eigenvalue weighted by molar-refractivity contribution is 7.85. The maximum absolute atomic E-state index is 11.8. The number of hydrogen-bond acceptors (Lipinski definition) is 7. The molecule has 0 bridgehead atoms. The number of non-ortho nitro benzene ring substituents is 1. The number of nitro benzene ring substituents is 1. The van der Waals surface area contributed by atoms with E-state index in [-0.39, 0.29) is 17.2 Å². The molecule has 0 heterocycles. The third-order valence-electron chi connectivity index (χ3n) is 4.45. The van der Waals surface area contributed by atoms with Crippen LogP contribution in [0.4, 0.5) is 5.69 Å². The molecule has 174 valence electrons. The first-order chi connectivity index (χ1) is 15.6. The minimum atomic E-state index is -4.02. The number of hydrogen-bond donors (Lipinski definition) is 2. The zero-order chi connectivity index (χ0) is 24.4. The predicted octanol–water partition coefficient (Wildman–Crippen LogP) is 3.45. The van der Waals surface area contributed by atoms with Gasteiger partial charge in [0, 0.05) is 12.1 Å². The first kappa shape index (κ1) is 25.7. The van der Waals surface area contributed by atoms with E-state index in [0.29, 0.717) is 12.0 Å². The quantitative estimate of drug-likeness (QED) is 0.230. The van der Waals surface area contributed by atoms with Gasteiger partial charge >= 0.3 is 5.97 Å². The number of carbonyl (C=O) groups excluding carboxylic acids is 1. The molecule has 3 rings (SSSR count). The Bertz CT molecular complexity index is 1160. The monoisotopic (exact) mass is 472 g/mol. The van der Waals surface area contributed by atoms with Gasteiger partial charge in [-0.1, -0.05) is 48.0 Å². The van der Waals surface area contributed by atoms with Gasteiger partial charge in [-0.3, -0.25) is 19.5 Å². The summed E-state index contributed by atoms with van der Waals surface area (Å²) in [5.74, 6) is -0.498. The van der Waals surface area contributed by atoms with E-state index in [1.54, 1.807) is 24.3 Å². The molecular weight excluding hydrogens is 448 g/mol. The summed E-state index contributed by atoms with van der Waals surface area (Å²) < 4.78 is 34.7. The molecule has 9 nitrogen and oxygen atoms in total. The largest absolute Gasteiger partial charge is 0.460 e. The lowest BCUT2D eigenvalue weighted by atomic mass is 10.1. The summed E-state index contributed by atoms with van der Waals surface area (Å²) in [6.45, 7) is 1.88. The number of esters is 1. The van der Waals surface area contributed by atoms with Gasteiger partial charge in [-0.25, -0.2) is 0 Å². The second-order valence-corrected chi connectivity index (χ2v) is 8.54. The van der Waals surface area contributed by atoms with Crippen LogP contribution in [0, 0.1) is 17.0 Å². The Morgan fingerprint density at radius 2 is 1.58 bits per heavy atom. The maximum atomic E-state index is 11.8. The summed E-state index contributed by atoms with van der Waals surface area (Å²) in [5, 5.41) is 10.5. The maximum Gasteiger partial charge on any atom is 0.323 e. The van der Waals surface area contributed by atoms with Gasteiger partial charge in [0.15, 0.2) is 0 Å². The van der Waals surface area contributed by atoms with E-state index in [9.17, 15) is 23.3 Å². The van der Waals surface area contributed by atoms with Crippen molar-refractivity contribution in [1.82, 2.24) is 0 Å². The molecule has 0 aliphatic rings. The lowest BCUT2D eigenvalue weighted by Crippen LogP contribution is -2.34. The van der Waals surface area contributed by atoms with Crippen LogP contribution in [-0.4, -0.2) is 29.9 Å². The van der Waals surface area contributed by atoms with Gasteiger partial charge in [-0.15, -0.1) is 0 Å². The molecule has 0 amide bonds. The molecule has 3 N–H and O–H groups in total. The molecule has 3 aromatic carbocycles. The lowest BCUT2D eigenvalue weighted by molar-refractivity contribution is -0.384. The molecular formula is C23H24N2O7S. The van der Waals surface area contributed by atoms with Gasteiger partial charge in [0.25, 0.3) is 15.8 Å². The van der Waals surface area contributed by atoms with E-state index in [1.165, 1.54) is 24.3 Å². The van der Waals surface area contributed by atoms with E-state index in [2.05, 4.69) is 0 Å². The van der Waals surface area contributed by atoms with Crippen molar-refractivity contribution in [1.29, 1.82) is 0 Å². The zero-order valence-electron chi connectivity index (χ0n) is 17.8. The van der Waals surface area contributed by atoms with Crippen LogP contribution in [0.25, 0.3) is 0 Å². The number of carbonyl (C=O) groups is 1. The number of nitro groups is 1. The van der Waals surface area contributed by atoms with Crippen molar-refractivity contribution in [2.45, 2.75) is 30.9 Å². The molecule has 0 radical (unpaired) electrons. The molecule has 0 aromatic heterocycles. The molecule has 0 saturated carbocycles. The number of nitrogens with two attached hydrogens (primary N) is 1. The molecule has 0 unspecified atom stereocenters. The standard InChI is InChI=1S/C16H16N2O4.C7H8O3S/c17-15(10-12-4-2-1-3-5-12)16(19)22-11-13-6-8-14(9-7-13)18(20)21;1-6-2-4-7(5-3-6)11(8,9)10/h1-9,15H,10-11,17H2;2-5H,1H3,(H,8,9,10)/t15-;/m0./s1. The Kier molecular flexibility index (Phi) is 9.22. The second kappa shape index (κ2) is 11.9. The Labute approximate surface area is 191 Å². The van der Waals surface area contributed by atoms with Crippen LogP contribution in [0.5, 0.6) is 0 Å². The first-order valence-corrected chi connectivity index (χ1v) is 11.2. The van der Waals surface area contributed by atoms with E-state index >= 15 is 0 Å². The second-order valence-electron chi connectivity index (χ2n) is 7.12. The van der Waals surface area contributed by atoms with Crippen molar-refractivity contribution in [2.24, 2.45) is 5.73 Å². The number of aryl methyl sites for hydroxylation is 1. The van der Waals surface area contributed by atoms with Crippen LogP contribution in [0.3, 0.4) is 0 Å². The Balaban J connectivity index is 0.000000294. The van der Waals surface area contributed by atoms with E-state index < -0.39 is 27.1 Å². The molecule has 3 aromatic rings. The minimum absolute atomic E-state index is 0.00384. The summed E-state index contributed by atoms with van der Waals surface area (Å²) in [5.41, 5.74) is 8.40. The average molecular weight is 473 g/mol. The molecule has 0 saturated heterocycles. The Morgan fingerprint density at radius 3 is 2.09 bits per heavy atom. The van der Waals surface area contributed by atoms with Gasteiger partial charge in [0.1, 0.15) is 12.6 Å². The predicted molar refractivity (Wildman–Crippen MR) is 122 cm³/mol. The van der Waals surface area contributed by atoms with E-state index in [1.807, 2.05) is 37.3 Å². The van der Waals surface area contributed by atoms with Crippen LogP contribution in [0.15, 0.2) is 83.8 Å². The number of rotatable bonds is 7. The van der Waals surface area contributed by atoms with Gasteiger partial charge in [-0.2, -0.15) is 8.42 Å². The zero-order valence-corrected chi connectivity index (χ0v) is 18.6. The summed E-state index contributed by atoms with van der Waals surface area (Å²) >= 11 is 0. The van der Waals surface area contributed by atoms with Crippen LogP contribution < -0.4 is 5.73 Å². The van der Waals surface area contributed by atoms with Crippen LogP contribution in [0.2, 0.25) is 0 Å². The highest BCUT2D eigenvalue weighted by Crippen LogP contribution is 2.13. The van der Waals surface area contributed by atoms with Crippen LogP contribution >= 0.6 is 0 Å². The Morgan fingerprint density at radius 1 is 1.00 bits per heavy atom. The van der Waals surface area contributed by atoms with Crippen molar-refractivity contribution in [3.8, 4) is 0 Å². The normalized spacial score (nSPS) is 11.6. The number of benzene rings is 3. The molecule has 0 fully saturated rings. The van der Waals surface area contributed by atoms with Gasteiger partial charge in [-0.05, 0) is 48.7 Å². The fraction of sp³-hybridized carbons (Fsp3) is 0.174. The fourth-order valence-electron chi connectivity index (χ4n) is 2.64. The topological polar surface area (TPSA) is 150 Å². The lowest BCUT2D eigenvalue weighted by Gasteiger charge is -2.11. The van der Waals surface area contributed by atoms with Crippen LogP contribution in [0.1, 0.15) is 16.7 Å². The molecule has 10 heteroatoms. The van der Waals surface area contributed by atoms with Crippen molar-refractivity contribution < 1.29 is 27.4 Å². The highest BCUT2D eigenvalue weighted by atomic mass is 32.2. The van der Waals surface area contributed by atoms with Crippen molar-refractivity contribution in [3.63, 3.8) is 0 Å². The van der Waals surface area contributed by atoms with Gasteiger partial charge in [0.2, 0.25) is 0 Å². The third kappa shape index (κ3) is 8.81. The van der Waals surface area contributed by atoms with E-state index in [0.717, 1.165) is 11.1 Å². The SMILES string of the molecule is Cc1ccc(S(=O)(=O)O)cc1.N[C@@H](Cc1ccccc1)C(=O)OCc1ccc([N+](=O)[O-])cc1.